The zero-order chi connectivity index (χ0) is 12.6. The van der Waals surface area contributed by atoms with Crippen LogP contribution in [0.5, 0.6) is 0 Å². The van der Waals surface area contributed by atoms with Crippen LogP contribution in [0.1, 0.15) is 20.8 Å². The maximum Gasteiger partial charge on any atom is 0.356 e. The van der Waals surface area contributed by atoms with Crippen LogP contribution in [0.4, 0.5) is 0 Å². The van der Waals surface area contributed by atoms with Gasteiger partial charge in [0, 0.05) is 0 Å². The molecule has 0 spiro atoms. The SMILES string of the molecule is CCOP(=O)(COC(C)C(O)CO)OCC. The van der Waals surface area contributed by atoms with Crippen LogP contribution in [-0.2, 0) is 18.3 Å². The van der Waals surface area contributed by atoms with Crippen molar-refractivity contribution < 1.29 is 28.6 Å². The quantitative estimate of drug-likeness (QED) is 0.598. The van der Waals surface area contributed by atoms with Crippen LogP contribution in [0, 0.1) is 0 Å². The van der Waals surface area contributed by atoms with Crippen molar-refractivity contribution in [3.05, 3.63) is 0 Å². The molecule has 0 radical (unpaired) electrons. The molecule has 0 saturated heterocycles. The normalized spacial score (nSPS) is 16.1. The summed E-state index contributed by atoms with van der Waals surface area (Å²) in [5.41, 5.74) is 0. The van der Waals surface area contributed by atoms with Gasteiger partial charge in [0.25, 0.3) is 0 Å². The Morgan fingerprint density at radius 3 is 2.12 bits per heavy atom. The van der Waals surface area contributed by atoms with Gasteiger partial charge in [0.2, 0.25) is 0 Å². The second-order valence-electron chi connectivity index (χ2n) is 3.20. The summed E-state index contributed by atoms with van der Waals surface area (Å²) in [6.07, 6.45) is -1.86. The third kappa shape index (κ3) is 5.94. The maximum atomic E-state index is 11.9. The average Bonchev–Trinajstić information content (AvgIpc) is 2.25. The highest BCUT2D eigenvalue weighted by molar-refractivity contribution is 7.53. The molecule has 16 heavy (non-hydrogen) atoms. The molecule has 0 aromatic rings. The molecule has 2 N–H and O–H groups in total. The summed E-state index contributed by atoms with van der Waals surface area (Å²) >= 11 is 0. The number of rotatable bonds is 9. The van der Waals surface area contributed by atoms with Crippen LogP contribution in [0.15, 0.2) is 0 Å². The Morgan fingerprint density at radius 1 is 1.25 bits per heavy atom. The Balaban J connectivity index is 4.16. The second-order valence-corrected chi connectivity index (χ2v) is 5.19. The molecular formula is C9H21O6P. The van der Waals surface area contributed by atoms with Gasteiger partial charge < -0.3 is 24.0 Å². The fraction of sp³-hybridized carbons (Fsp3) is 1.00. The van der Waals surface area contributed by atoms with E-state index in [0.29, 0.717) is 0 Å². The molecular weight excluding hydrogens is 235 g/mol. The van der Waals surface area contributed by atoms with Crippen molar-refractivity contribution in [1.29, 1.82) is 0 Å². The van der Waals surface area contributed by atoms with Gasteiger partial charge in [0.1, 0.15) is 12.5 Å². The molecule has 6 nitrogen and oxygen atoms in total. The monoisotopic (exact) mass is 256 g/mol. The van der Waals surface area contributed by atoms with E-state index < -0.39 is 26.4 Å². The summed E-state index contributed by atoms with van der Waals surface area (Å²) in [4.78, 5) is 0. The van der Waals surface area contributed by atoms with E-state index in [-0.39, 0.29) is 19.6 Å². The van der Waals surface area contributed by atoms with Gasteiger partial charge in [-0.2, -0.15) is 0 Å². The Labute approximate surface area is 96.1 Å². The predicted molar refractivity (Wildman–Crippen MR) is 59.4 cm³/mol. The Hall–Kier alpha value is 0.0300. The molecule has 0 aliphatic rings. The first-order chi connectivity index (χ1) is 7.49. The fourth-order valence-corrected chi connectivity index (χ4v) is 2.40. The number of aliphatic hydroxyl groups is 2. The van der Waals surface area contributed by atoms with Gasteiger partial charge in [0.05, 0.1) is 25.9 Å². The van der Waals surface area contributed by atoms with Crippen molar-refractivity contribution >= 4 is 7.60 Å². The van der Waals surface area contributed by atoms with E-state index >= 15 is 0 Å². The van der Waals surface area contributed by atoms with Crippen LogP contribution in [0.3, 0.4) is 0 Å². The molecule has 2 atom stereocenters. The van der Waals surface area contributed by atoms with Crippen molar-refractivity contribution in [3.8, 4) is 0 Å². The molecule has 2 unspecified atom stereocenters. The summed E-state index contributed by atoms with van der Waals surface area (Å²) in [6.45, 7) is 5.10. The second kappa shape index (κ2) is 8.17. The molecule has 0 amide bonds. The van der Waals surface area contributed by atoms with Gasteiger partial charge >= 0.3 is 7.60 Å². The Morgan fingerprint density at radius 2 is 1.75 bits per heavy atom. The number of aliphatic hydroxyl groups excluding tert-OH is 2. The van der Waals surface area contributed by atoms with Crippen molar-refractivity contribution in [3.63, 3.8) is 0 Å². The van der Waals surface area contributed by atoms with Crippen molar-refractivity contribution in [2.24, 2.45) is 0 Å². The summed E-state index contributed by atoms with van der Waals surface area (Å²) < 4.78 is 27.1. The minimum atomic E-state index is -3.24. The Bertz CT molecular complexity index is 212. The van der Waals surface area contributed by atoms with Crippen LogP contribution in [-0.4, -0.2) is 48.6 Å². The van der Waals surface area contributed by atoms with Crippen molar-refractivity contribution in [2.45, 2.75) is 33.0 Å². The summed E-state index contributed by atoms with van der Waals surface area (Å²) in [5.74, 6) is 0. The standard InChI is InChI=1S/C9H21O6P/c1-4-14-16(12,15-5-2)7-13-8(3)9(11)6-10/h8-11H,4-7H2,1-3H3. The molecule has 0 aromatic carbocycles. The highest BCUT2D eigenvalue weighted by Gasteiger charge is 2.26. The topological polar surface area (TPSA) is 85.2 Å². The molecule has 98 valence electrons. The lowest BCUT2D eigenvalue weighted by atomic mass is 10.2. The largest absolute Gasteiger partial charge is 0.394 e. The maximum absolute atomic E-state index is 11.9. The van der Waals surface area contributed by atoms with Crippen LogP contribution in [0.25, 0.3) is 0 Å². The molecule has 0 bridgehead atoms. The summed E-state index contributed by atoms with van der Waals surface area (Å²) in [7, 11) is -3.24. The highest BCUT2D eigenvalue weighted by Crippen LogP contribution is 2.48. The van der Waals surface area contributed by atoms with Gasteiger partial charge in [-0.15, -0.1) is 0 Å². The van der Waals surface area contributed by atoms with Gasteiger partial charge in [-0.25, -0.2) is 0 Å². The van der Waals surface area contributed by atoms with Gasteiger partial charge in [0.15, 0.2) is 0 Å². The van der Waals surface area contributed by atoms with E-state index in [2.05, 4.69) is 0 Å². The van der Waals surface area contributed by atoms with Crippen molar-refractivity contribution in [1.82, 2.24) is 0 Å². The van der Waals surface area contributed by atoms with E-state index in [1.165, 1.54) is 0 Å². The zero-order valence-corrected chi connectivity index (χ0v) is 10.9. The minimum absolute atomic E-state index is 0.229. The van der Waals surface area contributed by atoms with E-state index in [0.717, 1.165) is 0 Å². The lowest BCUT2D eigenvalue weighted by Gasteiger charge is -2.21. The van der Waals surface area contributed by atoms with Crippen molar-refractivity contribution in [2.75, 3.05) is 26.2 Å². The minimum Gasteiger partial charge on any atom is -0.394 e. The third-order valence-corrected chi connectivity index (χ3v) is 3.64. The van der Waals surface area contributed by atoms with Gasteiger partial charge in [-0.05, 0) is 20.8 Å². The first kappa shape index (κ1) is 16.0. The average molecular weight is 256 g/mol. The van der Waals surface area contributed by atoms with E-state index in [4.69, 9.17) is 18.9 Å². The third-order valence-electron chi connectivity index (χ3n) is 1.88. The van der Waals surface area contributed by atoms with Crippen LogP contribution < -0.4 is 0 Å². The lowest BCUT2D eigenvalue weighted by Crippen LogP contribution is -2.29. The van der Waals surface area contributed by atoms with Crippen LogP contribution >= 0.6 is 7.60 Å². The molecule has 0 aliphatic carbocycles. The molecule has 0 saturated carbocycles. The van der Waals surface area contributed by atoms with Gasteiger partial charge in [-0.3, -0.25) is 4.57 Å². The highest BCUT2D eigenvalue weighted by atomic mass is 31.2. The molecule has 0 rings (SSSR count). The first-order valence-electron chi connectivity index (χ1n) is 5.27. The molecule has 0 aromatic heterocycles. The fourth-order valence-electron chi connectivity index (χ4n) is 0.974. The number of ether oxygens (including phenoxy) is 1. The van der Waals surface area contributed by atoms with E-state index in [1.54, 1.807) is 20.8 Å². The lowest BCUT2D eigenvalue weighted by molar-refractivity contribution is -0.0391. The summed E-state index contributed by atoms with van der Waals surface area (Å²) in [6, 6.07) is 0. The summed E-state index contributed by atoms with van der Waals surface area (Å²) in [5, 5.41) is 17.9. The molecule has 0 aliphatic heterocycles. The predicted octanol–water partition coefficient (Wildman–Crippen LogP) is 0.968. The smallest absolute Gasteiger partial charge is 0.356 e. The van der Waals surface area contributed by atoms with Gasteiger partial charge in [-0.1, -0.05) is 0 Å². The number of hydrogen-bond acceptors (Lipinski definition) is 6. The molecule has 7 heteroatoms. The zero-order valence-electron chi connectivity index (χ0n) is 9.96. The Kier molecular flexibility index (Phi) is 8.18. The van der Waals surface area contributed by atoms with E-state index in [9.17, 15) is 9.67 Å². The first-order valence-corrected chi connectivity index (χ1v) is 7.00. The molecule has 0 heterocycles. The van der Waals surface area contributed by atoms with E-state index in [1.807, 2.05) is 0 Å². The van der Waals surface area contributed by atoms with Crippen LogP contribution in [0.2, 0.25) is 0 Å². The molecule has 0 fully saturated rings. The number of hydrogen-bond donors (Lipinski definition) is 2.